The predicted molar refractivity (Wildman–Crippen MR) is 88.4 cm³/mol. The number of halogens is 2. The molecule has 0 bridgehead atoms. The molecule has 3 aromatic rings. The van der Waals surface area contributed by atoms with E-state index in [0.29, 0.717) is 22.1 Å². The highest BCUT2D eigenvalue weighted by Gasteiger charge is 2.42. The molecule has 1 N–H and O–H groups in total. The SMILES string of the molecule is Brc1ccc(-c2noc(C3(n4cccn4)CCNCC3)n2)o1.Cl. The average molecular weight is 401 g/mol. The van der Waals surface area contributed by atoms with Crippen molar-refractivity contribution in [2.24, 2.45) is 0 Å². The first-order chi connectivity index (χ1) is 10.8. The molecule has 1 aliphatic heterocycles. The molecule has 4 rings (SSSR count). The Labute approximate surface area is 147 Å². The summed E-state index contributed by atoms with van der Waals surface area (Å²) < 4.78 is 13.6. The van der Waals surface area contributed by atoms with Crippen LogP contribution in [-0.2, 0) is 5.54 Å². The van der Waals surface area contributed by atoms with Gasteiger partial charge in [-0.05, 0) is 60.1 Å². The molecule has 122 valence electrons. The number of aromatic nitrogens is 4. The summed E-state index contributed by atoms with van der Waals surface area (Å²) in [5, 5.41) is 11.8. The van der Waals surface area contributed by atoms with E-state index in [-0.39, 0.29) is 12.4 Å². The molecule has 1 fully saturated rings. The highest BCUT2D eigenvalue weighted by atomic mass is 79.9. The van der Waals surface area contributed by atoms with E-state index >= 15 is 0 Å². The summed E-state index contributed by atoms with van der Waals surface area (Å²) in [6.45, 7) is 1.76. The van der Waals surface area contributed by atoms with E-state index in [4.69, 9.17) is 8.94 Å². The minimum atomic E-state index is -0.399. The molecule has 0 aromatic carbocycles. The summed E-state index contributed by atoms with van der Waals surface area (Å²) >= 11 is 3.28. The molecule has 0 amide bonds. The number of hydrogen-bond donors (Lipinski definition) is 1. The normalized spacial score (nSPS) is 16.9. The number of nitrogens with zero attached hydrogens (tertiary/aromatic N) is 4. The molecular weight excluding hydrogens is 386 g/mol. The van der Waals surface area contributed by atoms with Crippen LogP contribution in [0.1, 0.15) is 18.7 Å². The fourth-order valence-corrected chi connectivity index (χ4v) is 3.16. The van der Waals surface area contributed by atoms with Gasteiger partial charge in [-0.25, -0.2) is 0 Å². The summed E-state index contributed by atoms with van der Waals surface area (Å²) in [5.41, 5.74) is -0.399. The third-order valence-corrected chi connectivity index (χ3v) is 4.42. The second-order valence-electron chi connectivity index (χ2n) is 5.26. The molecule has 23 heavy (non-hydrogen) atoms. The lowest BCUT2D eigenvalue weighted by molar-refractivity contribution is 0.172. The van der Waals surface area contributed by atoms with Crippen LogP contribution in [0.4, 0.5) is 0 Å². The smallest absolute Gasteiger partial charge is 0.255 e. The maximum atomic E-state index is 5.57. The third kappa shape index (κ3) is 2.82. The fourth-order valence-electron chi connectivity index (χ4n) is 2.85. The first-order valence-corrected chi connectivity index (χ1v) is 7.88. The van der Waals surface area contributed by atoms with Gasteiger partial charge in [0.25, 0.3) is 5.89 Å². The molecule has 0 atom stereocenters. The summed E-state index contributed by atoms with van der Waals surface area (Å²) in [6.07, 6.45) is 5.40. The summed E-state index contributed by atoms with van der Waals surface area (Å²) in [5.74, 6) is 1.59. The van der Waals surface area contributed by atoms with E-state index in [1.807, 2.05) is 23.0 Å². The van der Waals surface area contributed by atoms with Crippen molar-refractivity contribution in [3.8, 4) is 11.6 Å². The van der Waals surface area contributed by atoms with Gasteiger partial charge >= 0.3 is 0 Å². The van der Waals surface area contributed by atoms with Crippen LogP contribution in [0, 0.1) is 0 Å². The van der Waals surface area contributed by atoms with Gasteiger partial charge in [-0.2, -0.15) is 10.1 Å². The van der Waals surface area contributed by atoms with Crippen LogP contribution in [-0.4, -0.2) is 33.0 Å². The van der Waals surface area contributed by atoms with E-state index in [1.165, 1.54) is 0 Å². The minimum Gasteiger partial charge on any atom is -0.446 e. The molecule has 0 unspecified atom stereocenters. The Hall–Kier alpha value is -1.64. The van der Waals surface area contributed by atoms with Gasteiger partial charge < -0.3 is 14.3 Å². The number of nitrogens with one attached hydrogen (secondary N) is 1. The van der Waals surface area contributed by atoms with Gasteiger partial charge in [0, 0.05) is 12.4 Å². The molecule has 7 nitrogen and oxygen atoms in total. The average Bonchev–Trinajstić information content (AvgIpc) is 3.29. The van der Waals surface area contributed by atoms with Crippen molar-refractivity contribution in [1.29, 1.82) is 0 Å². The van der Waals surface area contributed by atoms with Crippen molar-refractivity contribution in [1.82, 2.24) is 25.2 Å². The van der Waals surface area contributed by atoms with Gasteiger partial charge in [0.1, 0.15) is 5.54 Å². The highest BCUT2D eigenvalue weighted by Crippen LogP contribution is 2.35. The molecule has 1 aliphatic rings. The van der Waals surface area contributed by atoms with Crippen molar-refractivity contribution in [3.05, 3.63) is 41.2 Å². The minimum absolute atomic E-state index is 0. The van der Waals surface area contributed by atoms with Crippen LogP contribution in [0.15, 0.2) is 44.2 Å². The Morgan fingerprint density at radius 1 is 1.26 bits per heavy atom. The maximum absolute atomic E-state index is 5.57. The van der Waals surface area contributed by atoms with Gasteiger partial charge in [-0.15, -0.1) is 12.4 Å². The Morgan fingerprint density at radius 3 is 2.74 bits per heavy atom. The van der Waals surface area contributed by atoms with Crippen LogP contribution >= 0.6 is 28.3 Å². The Morgan fingerprint density at radius 2 is 2.09 bits per heavy atom. The van der Waals surface area contributed by atoms with Crippen LogP contribution in [0.3, 0.4) is 0 Å². The van der Waals surface area contributed by atoms with Crippen molar-refractivity contribution >= 4 is 28.3 Å². The molecule has 0 spiro atoms. The second-order valence-corrected chi connectivity index (χ2v) is 6.04. The molecule has 0 aliphatic carbocycles. The first kappa shape index (κ1) is 16.2. The van der Waals surface area contributed by atoms with Crippen LogP contribution in [0.5, 0.6) is 0 Å². The second kappa shape index (κ2) is 6.46. The van der Waals surface area contributed by atoms with Crippen molar-refractivity contribution in [3.63, 3.8) is 0 Å². The maximum Gasteiger partial charge on any atom is 0.255 e. The summed E-state index contributed by atoms with van der Waals surface area (Å²) in [6, 6.07) is 5.52. The number of furan rings is 1. The standard InChI is InChI=1S/C14H14BrN5O2.ClH/c15-11-3-2-10(21-11)12-18-13(22-19-12)14(4-7-16-8-5-14)20-9-1-6-17-20;/h1-3,6,9,16H,4-5,7-8H2;1H. The van der Waals surface area contributed by atoms with Gasteiger partial charge in [0.05, 0.1) is 0 Å². The van der Waals surface area contributed by atoms with E-state index in [1.54, 1.807) is 12.3 Å². The summed E-state index contributed by atoms with van der Waals surface area (Å²) in [4.78, 5) is 4.56. The van der Waals surface area contributed by atoms with Crippen molar-refractivity contribution in [2.75, 3.05) is 13.1 Å². The van der Waals surface area contributed by atoms with E-state index in [0.717, 1.165) is 25.9 Å². The molecule has 0 radical (unpaired) electrons. The zero-order valence-electron chi connectivity index (χ0n) is 12.1. The zero-order valence-corrected chi connectivity index (χ0v) is 14.5. The van der Waals surface area contributed by atoms with Gasteiger partial charge in [-0.1, -0.05) is 5.16 Å². The van der Waals surface area contributed by atoms with E-state index in [9.17, 15) is 0 Å². The first-order valence-electron chi connectivity index (χ1n) is 7.09. The quantitative estimate of drug-likeness (QED) is 0.728. The molecule has 3 aromatic heterocycles. The lowest BCUT2D eigenvalue weighted by Gasteiger charge is -2.34. The Bertz CT molecular complexity index is 764. The number of piperidine rings is 1. The third-order valence-electron chi connectivity index (χ3n) is 3.99. The molecule has 1 saturated heterocycles. The van der Waals surface area contributed by atoms with E-state index < -0.39 is 5.54 Å². The predicted octanol–water partition coefficient (Wildman–Crippen LogP) is 2.84. The van der Waals surface area contributed by atoms with Gasteiger partial charge in [-0.3, -0.25) is 4.68 Å². The van der Waals surface area contributed by atoms with Crippen LogP contribution in [0.2, 0.25) is 0 Å². The van der Waals surface area contributed by atoms with Crippen LogP contribution in [0.25, 0.3) is 11.6 Å². The van der Waals surface area contributed by atoms with Gasteiger partial charge in [0.15, 0.2) is 10.4 Å². The van der Waals surface area contributed by atoms with Crippen molar-refractivity contribution in [2.45, 2.75) is 18.4 Å². The molecule has 0 saturated carbocycles. The molecule has 9 heteroatoms. The zero-order chi connectivity index (χ0) is 15.0. The highest BCUT2D eigenvalue weighted by molar-refractivity contribution is 9.10. The van der Waals surface area contributed by atoms with Crippen molar-refractivity contribution < 1.29 is 8.94 Å². The number of hydrogen-bond acceptors (Lipinski definition) is 6. The summed E-state index contributed by atoms with van der Waals surface area (Å²) in [7, 11) is 0. The number of rotatable bonds is 3. The largest absolute Gasteiger partial charge is 0.446 e. The molecular formula is C14H15BrClN5O2. The lowest BCUT2D eigenvalue weighted by atomic mass is 9.88. The van der Waals surface area contributed by atoms with E-state index in [2.05, 4.69) is 36.5 Å². The monoisotopic (exact) mass is 399 g/mol. The topological polar surface area (TPSA) is 81.9 Å². The fraction of sp³-hybridized carbons (Fsp3) is 0.357. The Kier molecular flexibility index (Phi) is 4.56. The molecule has 4 heterocycles. The van der Waals surface area contributed by atoms with Gasteiger partial charge in [0.2, 0.25) is 5.82 Å². The Balaban J connectivity index is 0.00000156. The lowest BCUT2D eigenvalue weighted by Crippen LogP contribution is -2.45. The van der Waals surface area contributed by atoms with Crippen LogP contribution < -0.4 is 5.32 Å².